The molecule has 0 radical (unpaired) electrons. The van der Waals surface area contributed by atoms with Crippen LogP contribution in [0.3, 0.4) is 0 Å². The van der Waals surface area contributed by atoms with Crippen LogP contribution in [0.4, 0.5) is 4.39 Å². The number of hydrogen-bond donors (Lipinski definition) is 2. The number of aryl methyl sites for hydroxylation is 2. The molecule has 2 aromatic rings. The van der Waals surface area contributed by atoms with E-state index in [1.54, 1.807) is 10.7 Å². The van der Waals surface area contributed by atoms with Gasteiger partial charge in [0.15, 0.2) is 0 Å². The molecule has 0 unspecified atom stereocenters. The van der Waals surface area contributed by atoms with Gasteiger partial charge in [-0.3, -0.25) is 5.41 Å². The number of aromatic nitrogens is 2. The summed E-state index contributed by atoms with van der Waals surface area (Å²) in [7, 11) is 0. The summed E-state index contributed by atoms with van der Waals surface area (Å²) >= 11 is 0. The van der Waals surface area contributed by atoms with Crippen molar-refractivity contribution < 1.29 is 4.39 Å². The Morgan fingerprint density at radius 3 is 2.59 bits per heavy atom. The third-order valence-electron chi connectivity index (χ3n) is 2.49. The van der Waals surface area contributed by atoms with Crippen LogP contribution in [0.2, 0.25) is 0 Å². The Morgan fingerprint density at radius 2 is 2.06 bits per heavy atom. The fourth-order valence-corrected chi connectivity index (χ4v) is 1.78. The molecular formula is C12H13FN4. The maximum atomic E-state index is 13.1. The summed E-state index contributed by atoms with van der Waals surface area (Å²) in [6.45, 7) is 3.77. The average Bonchev–Trinajstić information content (AvgIpc) is 2.57. The van der Waals surface area contributed by atoms with Crippen molar-refractivity contribution in [2.45, 2.75) is 13.8 Å². The largest absolute Gasteiger partial charge is 0.384 e. The van der Waals surface area contributed by atoms with Crippen LogP contribution >= 0.6 is 0 Å². The Balaban J connectivity index is 2.67. The average molecular weight is 232 g/mol. The van der Waals surface area contributed by atoms with Crippen molar-refractivity contribution in [3.05, 3.63) is 47.0 Å². The molecule has 0 atom stereocenters. The highest BCUT2D eigenvalue weighted by Gasteiger charge is 2.11. The topological polar surface area (TPSA) is 67.7 Å². The quantitative estimate of drug-likeness (QED) is 0.613. The Bertz CT molecular complexity index is 586. The van der Waals surface area contributed by atoms with Gasteiger partial charge in [0.05, 0.1) is 11.4 Å². The zero-order chi connectivity index (χ0) is 12.6. The predicted molar refractivity (Wildman–Crippen MR) is 64.0 cm³/mol. The molecule has 0 aliphatic heterocycles. The van der Waals surface area contributed by atoms with Gasteiger partial charge in [0, 0.05) is 11.3 Å². The molecule has 0 aliphatic carbocycles. The Labute approximate surface area is 98.4 Å². The fourth-order valence-electron chi connectivity index (χ4n) is 1.78. The second kappa shape index (κ2) is 4.01. The summed E-state index contributed by atoms with van der Waals surface area (Å²) < 4.78 is 14.8. The third-order valence-corrected chi connectivity index (χ3v) is 2.49. The van der Waals surface area contributed by atoms with Crippen molar-refractivity contribution >= 4 is 5.84 Å². The van der Waals surface area contributed by atoms with Crippen LogP contribution < -0.4 is 5.73 Å². The number of nitrogens with two attached hydrogens (primary N) is 1. The number of nitrogens with one attached hydrogen (secondary N) is 1. The highest BCUT2D eigenvalue weighted by Crippen LogP contribution is 2.17. The van der Waals surface area contributed by atoms with E-state index in [-0.39, 0.29) is 5.84 Å². The Morgan fingerprint density at radius 1 is 1.35 bits per heavy atom. The molecule has 3 N–H and O–H groups in total. The SMILES string of the molecule is Cc1cc(C)n(-c2ccc(F)cc2C(=N)N)n1. The minimum Gasteiger partial charge on any atom is -0.384 e. The number of nitrogens with zero attached hydrogens (tertiary/aromatic N) is 2. The first-order valence-corrected chi connectivity index (χ1v) is 5.16. The predicted octanol–water partition coefficient (Wildman–Crippen LogP) is 1.91. The molecule has 1 heterocycles. The van der Waals surface area contributed by atoms with E-state index in [1.165, 1.54) is 12.1 Å². The van der Waals surface area contributed by atoms with E-state index in [9.17, 15) is 4.39 Å². The van der Waals surface area contributed by atoms with Gasteiger partial charge in [0.2, 0.25) is 0 Å². The normalized spacial score (nSPS) is 10.5. The summed E-state index contributed by atoms with van der Waals surface area (Å²) in [6, 6.07) is 6.06. The van der Waals surface area contributed by atoms with Gasteiger partial charge in [-0.05, 0) is 38.1 Å². The summed E-state index contributed by atoms with van der Waals surface area (Å²) in [5.41, 5.74) is 8.19. The highest BCUT2D eigenvalue weighted by molar-refractivity contribution is 5.98. The van der Waals surface area contributed by atoms with Crippen LogP contribution in [0.15, 0.2) is 24.3 Å². The lowest BCUT2D eigenvalue weighted by Crippen LogP contribution is -2.16. The molecular weight excluding hydrogens is 219 g/mol. The highest BCUT2D eigenvalue weighted by atomic mass is 19.1. The van der Waals surface area contributed by atoms with Gasteiger partial charge in [-0.25, -0.2) is 9.07 Å². The molecule has 5 heteroatoms. The van der Waals surface area contributed by atoms with Gasteiger partial charge in [0.25, 0.3) is 0 Å². The van der Waals surface area contributed by atoms with Crippen LogP contribution in [0.25, 0.3) is 5.69 Å². The lowest BCUT2D eigenvalue weighted by molar-refractivity contribution is 0.626. The van der Waals surface area contributed by atoms with Crippen molar-refractivity contribution in [3.8, 4) is 5.69 Å². The van der Waals surface area contributed by atoms with E-state index in [0.29, 0.717) is 11.3 Å². The minimum absolute atomic E-state index is 0.174. The van der Waals surface area contributed by atoms with E-state index >= 15 is 0 Å². The number of nitrogen functional groups attached to an aromatic ring is 1. The number of rotatable bonds is 2. The summed E-state index contributed by atoms with van der Waals surface area (Å²) in [6.07, 6.45) is 0. The van der Waals surface area contributed by atoms with Crippen molar-refractivity contribution in [1.82, 2.24) is 9.78 Å². The zero-order valence-corrected chi connectivity index (χ0v) is 9.66. The second-order valence-electron chi connectivity index (χ2n) is 3.91. The van der Waals surface area contributed by atoms with Crippen LogP contribution in [0.5, 0.6) is 0 Å². The molecule has 0 bridgehead atoms. The molecule has 1 aromatic carbocycles. The van der Waals surface area contributed by atoms with E-state index in [0.717, 1.165) is 11.4 Å². The number of benzene rings is 1. The van der Waals surface area contributed by atoms with Gasteiger partial charge in [0.1, 0.15) is 11.7 Å². The molecule has 0 amide bonds. The summed E-state index contributed by atoms with van der Waals surface area (Å²) in [5.74, 6) is -0.590. The molecule has 88 valence electrons. The van der Waals surface area contributed by atoms with Crippen LogP contribution in [-0.2, 0) is 0 Å². The maximum absolute atomic E-state index is 13.1. The zero-order valence-electron chi connectivity index (χ0n) is 9.66. The smallest absolute Gasteiger partial charge is 0.125 e. The molecule has 0 saturated carbocycles. The van der Waals surface area contributed by atoms with E-state index in [2.05, 4.69) is 5.10 Å². The van der Waals surface area contributed by atoms with Gasteiger partial charge < -0.3 is 5.73 Å². The van der Waals surface area contributed by atoms with Gasteiger partial charge >= 0.3 is 0 Å². The number of hydrogen-bond acceptors (Lipinski definition) is 2. The van der Waals surface area contributed by atoms with Crippen LogP contribution in [-0.4, -0.2) is 15.6 Å². The molecule has 2 rings (SSSR count). The standard InChI is InChI=1S/C12H13FN4/c1-7-5-8(2)17(16-7)11-4-3-9(13)6-10(11)12(14)15/h3-6H,1-2H3,(H3,14,15). The van der Waals surface area contributed by atoms with E-state index in [4.69, 9.17) is 11.1 Å². The lowest BCUT2D eigenvalue weighted by atomic mass is 10.1. The minimum atomic E-state index is -0.416. The van der Waals surface area contributed by atoms with Crippen molar-refractivity contribution in [1.29, 1.82) is 5.41 Å². The first kappa shape index (κ1) is 11.3. The van der Waals surface area contributed by atoms with E-state index < -0.39 is 5.82 Å². The molecule has 0 saturated heterocycles. The van der Waals surface area contributed by atoms with E-state index in [1.807, 2.05) is 19.9 Å². The van der Waals surface area contributed by atoms with Crippen molar-refractivity contribution in [2.24, 2.45) is 5.73 Å². The van der Waals surface area contributed by atoms with Gasteiger partial charge in [-0.2, -0.15) is 5.10 Å². The summed E-state index contributed by atoms with van der Waals surface area (Å²) in [5, 5.41) is 11.8. The molecule has 17 heavy (non-hydrogen) atoms. The third kappa shape index (κ3) is 2.04. The van der Waals surface area contributed by atoms with Gasteiger partial charge in [-0.15, -0.1) is 0 Å². The van der Waals surface area contributed by atoms with Crippen LogP contribution in [0, 0.1) is 25.1 Å². The molecule has 0 aliphatic rings. The molecule has 4 nitrogen and oxygen atoms in total. The monoisotopic (exact) mass is 232 g/mol. The molecule has 0 spiro atoms. The van der Waals surface area contributed by atoms with Crippen molar-refractivity contribution in [2.75, 3.05) is 0 Å². The number of halogens is 1. The maximum Gasteiger partial charge on any atom is 0.125 e. The van der Waals surface area contributed by atoms with Crippen molar-refractivity contribution in [3.63, 3.8) is 0 Å². The fraction of sp³-hybridized carbons (Fsp3) is 0.167. The molecule has 1 aromatic heterocycles. The lowest BCUT2D eigenvalue weighted by Gasteiger charge is -2.10. The second-order valence-corrected chi connectivity index (χ2v) is 3.91. The summed E-state index contributed by atoms with van der Waals surface area (Å²) in [4.78, 5) is 0. The number of amidine groups is 1. The Hall–Kier alpha value is -2.17. The Kier molecular flexibility index (Phi) is 2.67. The first-order chi connectivity index (χ1) is 7.99. The van der Waals surface area contributed by atoms with Gasteiger partial charge in [-0.1, -0.05) is 0 Å². The first-order valence-electron chi connectivity index (χ1n) is 5.16. The van der Waals surface area contributed by atoms with Crippen LogP contribution in [0.1, 0.15) is 17.0 Å². The molecule has 0 fully saturated rings.